The number of halogens is 8. The summed E-state index contributed by atoms with van der Waals surface area (Å²) >= 11 is 0. The summed E-state index contributed by atoms with van der Waals surface area (Å²) < 4.78 is 149. The van der Waals surface area contributed by atoms with Crippen molar-refractivity contribution >= 4 is 21.7 Å². The SMILES string of the molecule is COC(=O)c1nc(C)ccc1COc1cc2c(cc1C(F)(F)F)N(C1CCC(F)(F)CC1)C[C@@H](CCC(F)(F)F)N(C)S2(=O)=O. The molecular formula is C28H31F8N3O5S. The lowest BCUT2D eigenvalue weighted by Crippen LogP contribution is -2.47. The van der Waals surface area contributed by atoms with Crippen LogP contribution in [0.2, 0.25) is 0 Å². The molecule has 0 saturated heterocycles. The maximum absolute atomic E-state index is 14.5. The van der Waals surface area contributed by atoms with Crippen molar-refractivity contribution in [3.8, 4) is 5.75 Å². The van der Waals surface area contributed by atoms with Gasteiger partial charge in [-0.2, -0.15) is 30.6 Å². The number of aryl methyl sites for hydroxylation is 1. The average Bonchev–Trinajstić information content (AvgIpc) is 3.02. The Morgan fingerprint density at radius 2 is 1.73 bits per heavy atom. The monoisotopic (exact) mass is 673 g/mol. The molecule has 1 aromatic carbocycles. The van der Waals surface area contributed by atoms with Gasteiger partial charge in [-0.15, -0.1) is 0 Å². The maximum Gasteiger partial charge on any atom is 0.420 e. The van der Waals surface area contributed by atoms with Crippen LogP contribution in [-0.2, 0) is 27.5 Å². The molecule has 1 aliphatic carbocycles. The molecule has 17 heteroatoms. The number of pyridine rings is 1. The third-order valence-electron chi connectivity index (χ3n) is 8.02. The molecule has 0 N–H and O–H groups in total. The smallest absolute Gasteiger partial charge is 0.420 e. The van der Waals surface area contributed by atoms with Crippen LogP contribution in [0.4, 0.5) is 40.8 Å². The normalized spacial score (nSPS) is 20.8. The fourth-order valence-corrected chi connectivity index (χ4v) is 7.10. The van der Waals surface area contributed by atoms with Crippen molar-refractivity contribution in [3.05, 3.63) is 46.8 Å². The van der Waals surface area contributed by atoms with Crippen LogP contribution in [0.25, 0.3) is 0 Å². The number of nitrogens with zero attached hydrogens (tertiary/aromatic N) is 3. The fraction of sp³-hybridized carbons (Fsp3) is 0.571. The zero-order valence-corrected chi connectivity index (χ0v) is 25.3. The van der Waals surface area contributed by atoms with E-state index in [9.17, 15) is 48.3 Å². The van der Waals surface area contributed by atoms with E-state index in [0.29, 0.717) is 22.1 Å². The number of esters is 1. The van der Waals surface area contributed by atoms with E-state index in [1.54, 1.807) is 6.92 Å². The zero-order chi connectivity index (χ0) is 33.5. The van der Waals surface area contributed by atoms with Crippen molar-refractivity contribution < 1.29 is 57.8 Å². The van der Waals surface area contributed by atoms with Crippen LogP contribution in [0.1, 0.15) is 65.8 Å². The molecule has 250 valence electrons. The van der Waals surface area contributed by atoms with Crippen molar-refractivity contribution in [2.75, 3.05) is 25.6 Å². The summed E-state index contributed by atoms with van der Waals surface area (Å²) in [6.45, 7) is 0.447. The molecule has 2 aliphatic rings. The molecule has 1 aliphatic heterocycles. The van der Waals surface area contributed by atoms with Crippen LogP contribution in [-0.4, -0.2) is 68.6 Å². The van der Waals surface area contributed by atoms with E-state index in [-0.39, 0.29) is 24.1 Å². The number of hydrogen-bond donors (Lipinski definition) is 0. The first kappa shape index (κ1) is 34.7. The molecule has 8 nitrogen and oxygen atoms in total. The second kappa shape index (κ2) is 12.5. The van der Waals surface area contributed by atoms with Crippen LogP contribution in [0, 0.1) is 6.92 Å². The van der Waals surface area contributed by atoms with Gasteiger partial charge in [0.15, 0.2) is 5.69 Å². The number of carbonyl (C=O) groups excluding carboxylic acids is 1. The minimum atomic E-state index is -5.11. The number of fused-ring (bicyclic) bond motifs is 1. The van der Waals surface area contributed by atoms with Crippen molar-refractivity contribution in [1.82, 2.24) is 9.29 Å². The van der Waals surface area contributed by atoms with E-state index in [4.69, 9.17) is 4.74 Å². The lowest BCUT2D eigenvalue weighted by atomic mass is 9.90. The van der Waals surface area contributed by atoms with Gasteiger partial charge >= 0.3 is 18.3 Å². The number of likely N-dealkylation sites (N-methyl/N-ethyl adjacent to an activating group) is 1. The lowest BCUT2D eigenvalue weighted by molar-refractivity contribution is -0.139. The number of hydrogen-bond acceptors (Lipinski definition) is 7. The van der Waals surface area contributed by atoms with Gasteiger partial charge in [0.1, 0.15) is 17.3 Å². The Kier molecular flexibility index (Phi) is 9.65. The average molecular weight is 674 g/mol. The molecule has 1 aromatic heterocycles. The Balaban J connectivity index is 1.84. The Morgan fingerprint density at radius 3 is 2.31 bits per heavy atom. The molecule has 0 amide bonds. The third-order valence-corrected chi connectivity index (χ3v) is 9.96. The van der Waals surface area contributed by atoms with Crippen LogP contribution < -0.4 is 9.64 Å². The third kappa shape index (κ3) is 7.79. The van der Waals surface area contributed by atoms with E-state index >= 15 is 0 Å². The summed E-state index contributed by atoms with van der Waals surface area (Å²) in [6, 6.07) is 1.81. The highest BCUT2D eigenvalue weighted by Crippen LogP contribution is 2.46. The summed E-state index contributed by atoms with van der Waals surface area (Å²) in [4.78, 5) is 16.8. The number of benzene rings is 1. The molecule has 4 rings (SSSR count). The van der Waals surface area contributed by atoms with Gasteiger partial charge in [0.25, 0.3) is 0 Å². The molecular weight excluding hydrogens is 642 g/mol. The van der Waals surface area contributed by atoms with Gasteiger partial charge in [-0.3, -0.25) is 0 Å². The molecule has 0 unspecified atom stereocenters. The van der Waals surface area contributed by atoms with E-state index in [2.05, 4.69) is 9.72 Å². The number of aromatic nitrogens is 1. The topological polar surface area (TPSA) is 89.0 Å². The number of carbonyl (C=O) groups is 1. The quantitative estimate of drug-likeness (QED) is 0.245. The summed E-state index contributed by atoms with van der Waals surface area (Å²) in [5.41, 5.74) is -1.68. The first-order chi connectivity index (χ1) is 20.7. The molecule has 0 spiro atoms. The van der Waals surface area contributed by atoms with Gasteiger partial charge < -0.3 is 14.4 Å². The van der Waals surface area contributed by atoms with E-state index < -0.39 is 107 Å². The Hall–Kier alpha value is -3.21. The second-order valence-corrected chi connectivity index (χ2v) is 13.1. The fourth-order valence-electron chi connectivity index (χ4n) is 5.53. The number of sulfonamides is 1. The summed E-state index contributed by atoms with van der Waals surface area (Å²) in [7, 11) is -2.62. The number of methoxy groups -OCH3 is 1. The Labute approximate surface area is 254 Å². The van der Waals surface area contributed by atoms with Crippen LogP contribution in [0.3, 0.4) is 0 Å². The molecule has 2 heterocycles. The number of rotatable bonds is 7. The largest absolute Gasteiger partial charge is 0.488 e. The minimum absolute atomic E-state index is 0.0347. The summed E-state index contributed by atoms with van der Waals surface area (Å²) in [5.74, 6) is -4.86. The predicted octanol–water partition coefficient (Wildman–Crippen LogP) is 6.50. The molecule has 1 fully saturated rings. The maximum atomic E-state index is 14.5. The first-order valence-electron chi connectivity index (χ1n) is 13.9. The van der Waals surface area contributed by atoms with Gasteiger partial charge in [-0.05, 0) is 38.3 Å². The highest BCUT2D eigenvalue weighted by Gasteiger charge is 2.45. The Bertz CT molecular complexity index is 1520. The highest BCUT2D eigenvalue weighted by atomic mass is 32.2. The van der Waals surface area contributed by atoms with Gasteiger partial charge in [-0.1, -0.05) is 6.07 Å². The molecule has 1 saturated carbocycles. The van der Waals surface area contributed by atoms with Gasteiger partial charge in [0, 0.05) is 62.3 Å². The van der Waals surface area contributed by atoms with Gasteiger partial charge in [-0.25, -0.2) is 27.0 Å². The number of ether oxygens (including phenoxy) is 2. The molecule has 0 bridgehead atoms. The summed E-state index contributed by atoms with van der Waals surface area (Å²) in [5, 5.41) is 0. The van der Waals surface area contributed by atoms with E-state index in [1.165, 1.54) is 17.0 Å². The molecule has 2 aromatic rings. The van der Waals surface area contributed by atoms with Crippen LogP contribution in [0.15, 0.2) is 29.2 Å². The molecule has 45 heavy (non-hydrogen) atoms. The minimum Gasteiger partial charge on any atom is -0.488 e. The highest BCUT2D eigenvalue weighted by molar-refractivity contribution is 7.89. The van der Waals surface area contributed by atoms with Gasteiger partial charge in [0.2, 0.25) is 15.9 Å². The predicted molar refractivity (Wildman–Crippen MR) is 145 cm³/mol. The van der Waals surface area contributed by atoms with Crippen molar-refractivity contribution in [3.63, 3.8) is 0 Å². The summed E-state index contributed by atoms with van der Waals surface area (Å²) in [6.07, 6.45) is -13.5. The Morgan fingerprint density at radius 1 is 1.09 bits per heavy atom. The lowest BCUT2D eigenvalue weighted by Gasteiger charge is -2.40. The van der Waals surface area contributed by atoms with Crippen LogP contribution >= 0.6 is 0 Å². The second-order valence-electron chi connectivity index (χ2n) is 11.1. The number of anilines is 1. The van der Waals surface area contributed by atoms with E-state index in [1.807, 2.05) is 0 Å². The van der Waals surface area contributed by atoms with Crippen molar-refractivity contribution in [2.45, 2.75) is 87.3 Å². The molecule has 0 radical (unpaired) electrons. The van der Waals surface area contributed by atoms with Crippen LogP contribution in [0.5, 0.6) is 5.75 Å². The van der Waals surface area contributed by atoms with E-state index in [0.717, 1.165) is 14.2 Å². The number of alkyl halides is 8. The zero-order valence-electron chi connectivity index (χ0n) is 24.4. The standard InChI is InChI=1S/C28H31F8N3O5S/c1-16-4-5-17(24(37-16)25(40)43-3)15-44-22-13-23-21(12-20(22)28(34,35)36)39(18-6-9-26(29,30)10-7-18)14-19(8-11-27(31,32)33)38(2)45(23,41)42/h4-5,12-13,18-19H,6-11,14-15H2,1-3H3/t19-/m1/s1. The van der Waals surface area contributed by atoms with Crippen molar-refractivity contribution in [2.24, 2.45) is 0 Å². The van der Waals surface area contributed by atoms with Gasteiger partial charge in [0.05, 0.1) is 18.4 Å². The molecule has 1 atom stereocenters. The van der Waals surface area contributed by atoms with Crippen molar-refractivity contribution in [1.29, 1.82) is 0 Å². The first-order valence-corrected chi connectivity index (χ1v) is 15.3.